The highest BCUT2D eigenvalue weighted by Gasteiger charge is 2.52. The number of halogens is 2. The Balaban J connectivity index is 1.42. The Morgan fingerprint density at radius 1 is 1.21 bits per heavy atom. The smallest absolute Gasteiger partial charge is 0.338 e. The second kappa shape index (κ2) is 8.30. The maximum atomic E-state index is 14.5. The molecule has 1 aromatic heterocycles. The van der Waals surface area contributed by atoms with E-state index < -0.39 is 17.2 Å². The zero-order valence-corrected chi connectivity index (χ0v) is 18.9. The molecule has 0 atom stereocenters. The standard InChI is InChI=1S/C25H23ClFN3O3/c1-33-23(31)20-12-17(6-7-19(20)15-13-28-30(14-15)18-3-2-4-18)29-24(32)25(9-10-25)21-8-5-16(26)11-22(21)27/h5-8,11-14,18H,2-4,9-10H2,1H3,(H,29,32). The average Bonchev–Trinajstić information content (AvgIpc) is 3.43. The van der Waals surface area contributed by atoms with E-state index in [4.69, 9.17) is 16.3 Å². The highest BCUT2D eigenvalue weighted by molar-refractivity contribution is 6.30. The van der Waals surface area contributed by atoms with Crippen LogP contribution in [0.15, 0.2) is 48.8 Å². The zero-order chi connectivity index (χ0) is 23.2. The lowest BCUT2D eigenvalue weighted by molar-refractivity contribution is -0.118. The van der Waals surface area contributed by atoms with Crippen molar-refractivity contribution in [2.75, 3.05) is 12.4 Å². The molecule has 8 heteroatoms. The average molecular weight is 468 g/mol. The summed E-state index contributed by atoms with van der Waals surface area (Å²) in [6.07, 6.45) is 8.16. The molecule has 2 saturated carbocycles. The number of esters is 1. The van der Waals surface area contributed by atoms with Gasteiger partial charge in [-0.15, -0.1) is 0 Å². The van der Waals surface area contributed by atoms with Crippen LogP contribution in [0.5, 0.6) is 0 Å². The number of aromatic nitrogens is 2. The normalized spacial score (nSPS) is 16.7. The van der Waals surface area contributed by atoms with Crippen LogP contribution in [-0.4, -0.2) is 28.8 Å². The molecule has 1 amide bonds. The third-order valence-corrected chi connectivity index (χ3v) is 6.91. The fourth-order valence-electron chi connectivity index (χ4n) is 4.35. The third kappa shape index (κ3) is 3.91. The summed E-state index contributed by atoms with van der Waals surface area (Å²) in [5, 5.41) is 7.59. The number of nitrogens with zero attached hydrogens (tertiary/aromatic N) is 2. The van der Waals surface area contributed by atoms with Gasteiger partial charge in [-0.25, -0.2) is 9.18 Å². The Hall–Kier alpha value is -3.19. The number of carbonyl (C=O) groups is 2. The Morgan fingerprint density at radius 3 is 2.64 bits per heavy atom. The monoisotopic (exact) mass is 467 g/mol. The van der Waals surface area contributed by atoms with Gasteiger partial charge in [-0.2, -0.15) is 5.10 Å². The SMILES string of the molecule is COC(=O)c1cc(NC(=O)C2(c3ccc(Cl)cc3F)CC2)ccc1-c1cnn(C2CCC2)c1. The minimum atomic E-state index is -0.928. The van der Waals surface area contributed by atoms with Crippen molar-refractivity contribution < 1.29 is 18.7 Å². The second-order valence-corrected chi connectivity index (χ2v) is 9.14. The molecule has 6 nitrogen and oxygen atoms in total. The van der Waals surface area contributed by atoms with Crippen LogP contribution in [0.1, 0.15) is 54.1 Å². The van der Waals surface area contributed by atoms with Gasteiger partial charge in [0.05, 0.1) is 30.3 Å². The molecule has 2 aliphatic rings. The van der Waals surface area contributed by atoms with Crippen LogP contribution >= 0.6 is 11.6 Å². The van der Waals surface area contributed by atoms with E-state index in [1.807, 2.05) is 10.9 Å². The van der Waals surface area contributed by atoms with Gasteiger partial charge in [0.1, 0.15) is 5.82 Å². The number of rotatable bonds is 6. The summed E-state index contributed by atoms with van der Waals surface area (Å²) in [7, 11) is 1.32. The molecule has 3 aromatic rings. The Bertz CT molecular complexity index is 1250. The summed E-state index contributed by atoms with van der Waals surface area (Å²) in [6.45, 7) is 0. The van der Waals surface area contributed by atoms with E-state index >= 15 is 0 Å². The summed E-state index contributed by atoms with van der Waals surface area (Å²) in [5.74, 6) is -1.32. The minimum absolute atomic E-state index is 0.284. The number of benzene rings is 2. The molecule has 0 bridgehead atoms. The summed E-state index contributed by atoms with van der Waals surface area (Å²) in [6, 6.07) is 9.86. The van der Waals surface area contributed by atoms with Gasteiger partial charge >= 0.3 is 5.97 Å². The van der Waals surface area contributed by atoms with Gasteiger partial charge in [-0.3, -0.25) is 9.48 Å². The lowest BCUT2D eigenvalue weighted by Gasteiger charge is -2.25. The quantitative estimate of drug-likeness (QED) is 0.484. The summed E-state index contributed by atoms with van der Waals surface area (Å²) in [4.78, 5) is 25.7. The van der Waals surface area contributed by atoms with Crippen molar-refractivity contribution in [1.29, 1.82) is 0 Å². The van der Waals surface area contributed by atoms with E-state index in [9.17, 15) is 14.0 Å². The first-order valence-electron chi connectivity index (χ1n) is 11.0. The molecule has 33 heavy (non-hydrogen) atoms. The first-order chi connectivity index (χ1) is 15.9. The van der Waals surface area contributed by atoms with Crippen LogP contribution in [0.2, 0.25) is 5.02 Å². The van der Waals surface area contributed by atoms with E-state index in [1.165, 1.54) is 19.6 Å². The van der Waals surface area contributed by atoms with E-state index in [0.29, 0.717) is 41.3 Å². The van der Waals surface area contributed by atoms with Gasteiger partial charge in [0.25, 0.3) is 0 Å². The fraction of sp³-hybridized carbons (Fsp3) is 0.320. The van der Waals surface area contributed by atoms with Crippen LogP contribution in [-0.2, 0) is 14.9 Å². The third-order valence-electron chi connectivity index (χ3n) is 6.68. The molecule has 1 N–H and O–H groups in total. The highest BCUT2D eigenvalue weighted by atomic mass is 35.5. The number of ether oxygens (including phenoxy) is 1. The molecule has 5 rings (SSSR count). The molecule has 170 valence electrons. The van der Waals surface area contributed by atoms with Crippen LogP contribution in [0.4, 0.5) is 10.1 Å². The Kier molecular flexibility index (Phi) is 5.44. The van der Waals surface area contributed by atoms with Crippen molar-refractivity contribution in [3.63, 3.8) is 0 Å². The van der Waals surface area contributed by atoms with Crippen LogP contribution in [0.25, 0.3) is 11.1 Å². The maximum absolute atomic E-state index is 14.5. The topological polar surface area (TPSA) is 73.2 Å². The zero-order valence-electron chi connectivity index (χ0n) is 18.1. The number of hydrogen-bond donors (Lipinski definition) is 1. The van der Waals surface area contributed by atoms with Crippen molar-refractivity contribution in [3.8, 4) is 11.1 Å². The second-order valence-electron chi connectivity index (χ2n) is 8.71. The number of amides is 1. The van der Waals surface area contributed by atoms with Gasteiger partial charge in [-0.05, 0) is 61.9 Å². The summed E-state index contributed by atoms with van der Waals surface area (Å²) < 4.78 is 21.4. The molecule has 1 heterocycles. The predicted octanol–water partition coefficient (Wildman–Crippen LogP) is 5.52. The van der Waals surface area contributed by atoms with Crippen LogP contribution in [0.3, 0.4) is 0 Å². The summed E-state index contributed by atoms with van der Waals surface area (Å²) in [5.41, 5.74) is 1.65. The Morgan fingerprint density at radius 2 is 2.00 bits per heavy atom. The lowest BCUT2D eigenvalue weighted by atomic mass is 9.93. The number of anilines is 1. The van der Waals surface area contributed by atoms with Crippen molar-refractivity contribution in [3.05, 3.63) is 70.8 Å². The number of carbonyl (C=O) groups excluding carboxylic acids is 2. The predicted molar refractivity (Wildman–Crippen MR) is 123 cm³/mol. The molecule has 0 saturated heterocycles. The van der Waals surface area contributed by atoms with E-state index in [0.717, 1.165) is 18.4 Å². The molecule has 0 unspecified atom stereocenters. The molecule has 0 radical (unpaired) electrons. The lowest BCUT2D eigenvalue weighted by Crippen LogP contribution is -2.28. The van der Waals surface area contributed by atoms with E-state index in [2.05, 4.69) is 10.4 Å². The van der Waals surface area contributed by atoms with E-state index in [-0.39, 0.29) is 10.9 Å². The van der Waals surface area contributed by atoms with E-state index in [1.54, 1.807) is 36.5 Å². The van der Waals surface area contributed by atoms with Crippen LogP contribution in [0, 0.1) is 5.82 Å². The molecule has 2 aromatic carbocycles. The van der Waals surface area contributed by atoms with Crippen molar-refractivity contribution >= 4 is 29.2 Å². The molecule has 0 spiro atoms. The van der Waals surface area contributed by atoms with Gasteiger partial charge < -0.3 is 10.1 Å². The number of nitrogens with one attached hydrogen (secondary N) is 1. The van der Waals surface area contributed by atoms with Crippen molar-refractivity contribution in [1.82, 2.24) is 9.78 Å². The largest absolute Gasteiger partial charge is 0.465 e. The maximum Gasteiger partial charge on any atom is 0.338 e. The number of methoxy groups -OCH3 is 1. The molecule has 2 fully saturated rings. The first-order valence-corrected chi connectivity index (χ1v) is 11.3. The van der Waals surface area contributed by atoms with Crippen molar-refractivity contribution in [2.45, 2.75) is 43.6 Å². The Labute approximate surface area is 195 Å². The van der Waals surface area contributed by atoms with Crippen molar-refractivity contribution in [2.24, 2.45) is 0 Å². The van der Waals surface area contributed by atoms with Gasteiger partial charge in [-0.1, -0.05) is 23.7 Å². The molecular weight excluding hydrogens is 445 g/mol. The minimum Gasteiger partial charge on any atom is -0.465 e. The van der Waals surface area contributed by atoms with Gasteiger partial charge in [0.15, 0.2) is 0 Å². The summed E-state index contributed by atoms with van der Waals surface area (Å²) >= 11 is 5.86. The van der Waals surface area contributed by atoms with Gasteiger partial charge in [0, 0.05) is 28.0 Å². The molecule has 0 aliphatic heterocycles. The van der Waals surface area contributed by atoms with Gasteiger partial charge in [0.2, 0.25) is 5.91 Å². The van der Waals surface area contributed by atoms with Crippen LogP contribution < -0.4 is 5.32 Å². The first kappa shape index (κ1) is 21.6. The molecule has 2 aliphatic carbocycles. The number of hydrogen-bond acceptors (Lipinski definition) is 4. The highest BCUT2D eigenvalue weighted by Crippen LogP contribution is 2.50. The fourth-order valence-corrected chi connectivity index (χ4v) is 4.51. The molecular formula is C25H23ClFN3O3.